The van der Waals surface area contributed by atoms with Crippen LogP contribution in [0.4, 0.5) is 0 Å². The van der Waals surface area contributed by atoms with Gasteiger partial charge in [-0.2, -0.15) is 0 Å². The van der Waals surface area contributed by atoms with Crippen molar-refractivity contribution in [1.82, 2.24) is 0 Å². The Labute approximate surface area is 163 Å². The van der Waals surface area contributed by atoms with Gasteiger partial charge in [0.25, 0.3) is 0 Å². The maximum absolute atomic E-state index is 13.2. The molecular weight excluding hydrogens is 360 g/mol. The Morgan fingerprint density at radius 1 is 0.679 bits per heavy atom. The lowest BCUT2D eigenvalue weighted by molar-refractivity contribution is -0.166. The van der Waals surface area contributed by atoms with Gasteiger partial charge in [0.2, 0.25) is 0 Å². The molecule has 1 aliphatic heterocycles. The van der Waals surface area contributed by atoms with Gasteiger partial charge >= 0.3 is 11.9 Å². The van der Waals surface area contributed by atoms with Crippen LogP contribution < -0.4 is 0 Å². The topological polar surface area (TPSA) is 86.7 Å². The highest BCUT2D eigenvalue weighted by Gasteiger charge is 2.64. The van der Waals surface area contributed by atoms with Crippen molar-refractivity contribution in [3.8, 4) is 0 Å². The van der Waals surface area contributed by atoms with E-state index in [1.165, 1.54) is 0 Å². The average molecular weight is 384 g/mol. The van der Waals surface area contributed by atoms with Crippen LogP contribution in [-0.4, -0.2) is 35.7 Å². The second-order valence-electron chi connectivity index (χ2n) is 9.62. The van der Waals surface area contributed by atoms with Gasteiger partial charge in [-0.05, 0) is 48.5 Å². The van der Waals surface area contributed by atoms with Gasteiger partial charge in [-0.3, -0.25) is 19.2 Å². The first-order valence-electron chi connectivity index (χ1n) is 10.7. The fraction of sp³-hybridized carbons (Fsp3) is 0.727. The van der Waals surface area contributed by atoms with Crippen molar-refractivity contribution in [2.24, 2.45) is 35.5 Å². The number of allylic oxidation sites excluding steroid dienone is 1. The molecule has 28 heavy (non-hydrogen) atoms. The third-order valence-corrected chi connectivity index (χ3v) is 8.39. The summed E-state index contributed by atoms with van der Waals surface area (Å²) in [6.45, 7) is 0. The predicted molar refractivity (Wildman–Crippen MR) is 94.7 cm³/mol. The van der Waals surface area contributed by atoms with Crippen LogP contribution >= 0.6 is 0 Å². The first kappa shape index (κ1) is 16.9. The molecule has 1 heterocycles. The molecule has 1 saturated heterocycles. The highest BCUT2D eigenvalue weighted by atomic mass is 16.6. The number of carbonyl (C=O) groups is 4. The quantitative estimate of drug-likeness (QED) is 0.470. The zero-order valence-electron chi connectivity index (χ0n) is 15.7. The monoisotopic (exact) mass is 384 g/mol. The molecular formula is C22H24O6. The number of Topliss-reactive ketones (excluding diaryl/α,β-unsaturated/α-hetero) is 2. The van der Waals surface area contributed by atoms with Gasteiger partial charge < -0.3 is 9.47 Å². The molecule has 5 aliphatic carbocycles. The van der Waals surface area contributed by atoms with E-state index in [2.05, 4.69) is 0 Å². The summed E-state index contributed by atoms with van der Waals surface area (Å²) in [4.78, 5) is 51.0. The minimum Gasteiger partial charge on any atom is -0.457 e. The van der Waals surface area contributed by atoms with Crippen LogP contribution in [0.3, 0.4) is 0 Å². The zero-order chi connectivity index (χ0) is 19.2. The molecule has 6 heteroatoms. The minimum absolute atomic E-state index is 0.0177. The Balaban J connectivity index is 1.42. The van der Waals surface area contributed by atoms with Crippen LogP contribution in [0.2, 0.25) is 0 Å². The van der Waals surface area contributed by atoms with E-state index in [1.807, 2.05) is 0 Å². The Morgan fingerprint density at radius 3 is 1.68 bits per heavy atom. The van der Waals surface area contributed by atoms with Crippen LogP contribution in [0.15, 0.2) is 11.1 Å². The highest BCUT2D eigenvalue weighted by molar-refractivity contribution is 5.92. The smallest absolute Gasteiger partial charge is 0.310 e. The lowest BCUT2D eigenvalue weighted by Crippen LogP contribution is -2.42. The molecule has 8 unspecified atom stereocenters. The lowest BCUT2D eigenvalue weighted by atomic mass is 9.69. The number of hydrogen-bond donors (Lipinski definition) is 0. The van der Waals surface area contributed by atoms with Gasteiger partial charge in [-0.1, -0.05) is 6.42 Å². The second kappa shape index (κ2) is 5.77. The summed E-state index contributed by atoms with van der Waals surface area (Å²) < 4.78 is 11.8. The molecule has 148 valence electrons. The molecule has 0 aromatic carbocycles. The van der Waals surface area contributed by atoms with E-state index >= 15 is 0 Å². The summed E-state index contributed by atoms with van der Waals surface area (Å²) in [6.07, 6.45) is 3.63. The van der Waals surface area contributed by atoms with Crippen LogP contribution in [0.5, 0.6) is 0 Å². The van der Waals surface area contributed by atoms with Gasteiger partial charge in [-0.25, -0.2) is 0 Å². The molecule has 6 rings (SSSR count). The molecule has 6 aliphatic rings. The summed E-state index contributed by atoms with van der Waals surface area (Å²) in [7, 11) is 0. The normalized spacial score (nSPS) is 46.9. The molecule has 4 fully saturated rings. The molecule has 0 aromatic heterocycles. The van der Waals surface area contributed by atoms with E-state index in [0.717, 1.165) is 25.7 Å². The van der Waals surface area contributed by atoms with Crippen molar-refractivity contribution < 1.29 is 28.7 Å². The molecule has 0 amide bonds. The molecule has 8 atom stereocenters. The maximum atomic E-state index is 13.2. The Hall–Kier alpha value is -1.98. The Bertz CT molecular complexity index is 776. The minimum atomic E-state index is -0.674. The molecule has 0 N–H and O–H groups in total. The predicted octanol–water partition coefficient (Wildman–Crippen LogP) is 2.14. The molecule has 3 saturated carbocycles. The summed E-state index contributed by atoms with van der Waals surface area (Å²) in [5, 5.41) is 0. The Kier molecular flexibility index (Phi) is 3.49. The average Bonchev–Trinajstić information content (AvgIpc) is 3.31. The number of carbonyl (C=O) groups excluding carboxylic acids is 4. The first-order valence-corrected chi connectivity index (χ1v) is 10.7. The third kappa shape index (κ3) is 2.20. The number of ketones is 2. The molecule has 0 spiro atoms. The van der Waals surface area contributed by atoms with Gasteiger partial charge in [-0.15, -0.1) is 0 Å². The highest BCUT2D eigenvalue weighted by Crippen LogP contribution is 2.64. The van der Waals surface area contributed by atoms with E-state index in [0.29, 0.717) is 23.0 Å². The first-order chi connectivity index (χ1) is 13.5. The van der Waals surface area contributed by atoms with Crippen molar-refractivity contribution in [3.63, 3.8) is 0 Å². The fourth-order valence-corrected chi connectivity index (χ4v) is 7.58. The zero-order valence-corrected chi connectivity index (χ0v) is 15.7. The van der Waals surface area contributed by atoms with Gasteiger partial charge in [0.15, 0.2) is 0 Å². The van der Waals surface area contributed by atoms with Gasteiger partial charge in [0.05, 0.1) is 11.8 Å². The lowest BCUT2D eigenvalue weighted by Gasteiger charge is -2.35. The second-order valence-corrected chi connectivity index (χ2v) is 9.62. The van der Waals surface area contributed by atoms with Gasteiger partial charge in [0.1, 0.15) is 23.8 Å². The van der Waals surface area contributed by atoms with E-state index in [9.17, 15) is 19.2 Å². The molecule has 2 bridgehead atoms. The number of rotatable bonds is 0. The van der Waals surface area contributed by atoms with E-state index < -0.39 is 24.0 Å². The van der Waals surface area contributed by atoms with Crippen molar-refractivity contribution in [3.05, 3.63) is 11.1 Å². The maximum Gasteiger partial charge on any atom is 0.310 e. The van der Waals surface area contributed by atoms with Crippen LogP contribution in [-0.2, 0) is 28.7 Å². The molecule has 0 aromatic rings. The van der Waals surface area contributed by atoms with E-state index in [4.69, 9.17) is 9.47 Å². The number of ether oxygens (including phenoxy) is 2. The van der Waals surface area contributed by atoms with Crippen molar-refractivity contribution in [1.29, 1.82) is 0 Å². The number of hydrogen-bond acceptors (Lipinski definition) is 6. The van der Waals surface area contributed by atoms with E-state index in [-0.39, 0.29) is 61.0 Å². The Morgan fingerprint density at radius 2 is 1.18 bits per heavy atom. The van der Waals surface area contributed by atoms with Gasteiger partial charge in [0, 0.05) is 31.3 Å². The number of esters is 2. The summed E-state index contributed by atoms with van der Waals surface area (Å²) in [5.74, 6) is -0.186. The van der Waals surface area contributed by atoms with Crippen molar-refractivity contribution in [2.75, 3.05) is 0 Å². The molecule has 6 nitrogen and oxygen atoms in total. The SMILES string of the molecule is O=C1CC2=C3C(C1)OC(=O)C1C4CC(C5CCCC54)C1C(=O)OC3CC(=O)C2. The van der Waals surface area contributed by atoms with Crippen molar-refractivity contribution >= 4 is 23.5 Å². The summed E-state index contributed by atoms with van der Waals surface area (Å²) >= 11 is 0. The third-order valence-electron chi connectivity index (χ3n) is 8.39. The van der Waals surface area contributed by atoms with Crippen molar-refractivity contribution in [2.45, 2.75) is 63.6 Å². The number of fused-ring (bicyclic) bond motifs is 8. The fourth-order valence-electron chi connectivity index (χ4n) is 7.58. The summed E-state index contributed by atoms with van der Waals surface area (Å²) in [5.41, 5.74) is 1.42. The van der Waals surface area contributed by atoms with Crippen LogP contribution in [0.25, 0.3) is 0 Å². The van der Waals surface area contributed by atoms with Crippen LogP contribution in [0.1, 0.15) is 51.4 Å². The molecule has 0 radical (unpaired) electrons. The summed E-state index contributed by atoms with van der Waals surface area (Å²) in [6, 6.07) is 0. The van der Waals surface area contributed by atoms with E-state index in [1.54, 1.807) is 0 Å². The van der Waals surface area contributed by atoms with Crippen LogP contribution in [0, 0.1) is 35.5 Å². The standard InChI is InChI=1S/C22H24O6/c23-10-4-9-5-11(24)7-17-18(9)16(6-10)27-21(25)19-14-8-15(20(19)22(26)28-17)13-3-1-2-12(13)14/h12-17,19-20H,1-8H2. The largest absolute Gasteiger partial charge is 0.457 e.